The highest BCUT2D eigenvalue weighted by Gasteiger charge is 2.21. The number of ether oxygens (including phenoxy) is 1. The first kappa shape index (κ1) is 23.4. The van der Waals surface area contributed by atoms with E-state index < -0.39 is 12.6 Å². The molecule has 0 spiro atoms. The Kier molecular flexibility index (Phi) is 6.65. The zero-order valence-corrected chi connectivity index (χ0v) is 19.9. The van der Waals surface area contributed by atoms with Crippen LogP contribution >= 0.6 is 11.6 Å². The minimum absolute atomic E-state index is 0.000984. The number of ketones is 1. The van der Waals surface area contributed by atoms with Gasteiger partial charge in [-0.05, 0) is 50.1 Å². The Hall–Kier alpha value is -3.71. The molecule has 0 saturated heterocycles. The molecule has 0 amide bonds. The predicted octanol–water partition coefficient (Wildman–Crippen LogP) is 4.29. The summed E-state index contributed by atoms with van der Waals surface area (Å²) in [6.45, 7) is 4.11. The molecule has 2 aromatic heterocycles. The number of benzene rings is 2. The molecule has 174 valence electrons. The molecule has 7 nitrogen and oxygen atoms in total. The molecular formula is C26H24ClN3O4. The maximum absolute atomic E-state index is 12.9. The van der Waals surface area contributed by atoms with E-state index in [0.29, 0.717) is 27.9 Å². The first-order valence-corrected chi connectivity index (χ1v) is 11.2. The summed E-state index contributed by atoms with van der Waals surface area (Å²) in [6, 6.07) is 16.2. The largest absolute Gasteiger partial charge is 0.452 e. The van der Waals surface area contributed by atoms with E-state index in [1.807, 2.05) is 44.2 Å². The number of Topliss-reactive ketones (excluding diaryl/α,β-unsaturated/α-hetero) is 1. The molecule has 2 heterocycles. The molecule has 0 fully saturated rings. The van der Waals surface area contributed by atoms with Crippen molar-refractivity contribution in [1.29, 1.82) is 0 Å². The van der Waals surface area contributed by atoms with E-state index >= 15 is 0 Å². The van der Waals surface area contributed by atoms with Crippen LogP contribution in [-0.2, 0) is 24.8 Å². The Bertz CT molecular complexity index is 1450. The lowest BCUT2D eigenvalue weighted by atomic mass is 10.1. The van der Waals surface area contributed by atoms with Gasteiger partial charge in [-0.15, -0.1) is 0 Å². The lowest BCUT2D eigenvalue weighted by Gasteiger charge is -2.10. The van der Waals surface area contributed by atoms with E-state index in [-0.39, 0.29) is 17.0 Å². The van der Waals surface area contributed by atoms with Crippen LogP contribution < -0.4 is 5.56 Å². The van der Waals surface area contributed by atoms with Gasteiger partial charge in [-0.2, -0.15) is 5.10 Å². The number of hydrogen-bond acceptors (Lipinski definition) is 5. The number of hydrogen-bond donors (Lipinski definition) is 0. The van der Waals surface area contributed by atoms with Gasteiger partial charge in [0.1, 0.15) is 0 Å². The summed E-state index contributed by atoms with van der Waals surface area (Å²) < 4.78 is 8.47. The minimum Gasteiger partial charge on any atom is -0.452 e. The van der Waals surface area contributed by atoms with Crippen LogP contribution in [-0.4, -0.2) is 32.7 Å². The van der Waals surface area contributed by atoms with Crippen LogP contribution in [0, 0.1) is 13.8 Å². The summed E-state index contributed by atoms with van der Waals surface area (Å²) in [5, 5.41) is 5.50. The van der Waals surface area contributed by atoms with Crippen molar-refractivity contribution in [1.82, 2.24) is 14.3 Å². The molecule has 4 aromatic rings. The van der Waals surface area contributed by atoms with Gasteiger partial charge in [0.2, 0.25) is 5.78 Å². The quantitative estimate of drug-likeness (QED) is 0.293. The van der Waals surface area contributed by atoms with Crippen molar-refractivity contribution in [2.45, 2.75) is 26.8 Å². The molecule has 0 aliphatic heterocycles. The normalized spacial score (nSPS) is 11.1. The Morgan fingerprint density at radius 3 is 2.41 bits per heavy atom. The van der Waals surface area contributed by atoms with Crippen molar-refractivity contribution in [3.05, 3.63) is 98.2 Å². The standard InChI is InChI=1S/C26H24ClN3O4/c1-16-14-22(17(2)30(16)13-12-18-8-10-19(27)11-9-18)23(31)15-34-26(33)24-20-6-4-5-7-21(20)25(32)29(3)28-24/h4-11,14H,12-13,15H2,1-3H3. The lowest BCUT2D eigenvalue weighted by Crippen LogP contribution is -2.24. The fraction of sp³-hybridized carbons (Fsp3) is 0.231. The van der Waals surface area contributed by atoms with Gasteiger partial charge < -0.3 is 9.30 Å². The number of esters is 1. The molecule has 8 heteroatoms. The van der Waals surface area contributed by atoms with E-state index in [9.17, 15) is 14.4 Å². The van der Waals surface area contributed by atoms with Gasteiger partial charge in [0, 0.05) is 41.0 Å². The second-order valence-corrected chi connectivity index (χ2v) is 8.57. The zero-order valence-electron chi connectivity index (χ0n) is 19.2. The fourth-order valence-electron chi connectivity index (χ4n) is 4.05. The van der Waals surface area contributed by atoms with Gasteiger partial charge in [0.15, 0.2) is 12.3 Å². The number of carbonyl (C=O) groups excluding carboxylic acids is 2. The first-order chi connectivity index (χ1) is 16.3. The number of aryl methyl sites for hydroxylation is 3. The highest BCUT2D eigenvalue weighted by molar-refractivity contribution is 6.30. The van der Waals surface area contributed by atoms with Crippen molar-refractivity contribution >= 4 is 34.1 Å². The maximum atomic E-state index is 12.9. The number of aromatic nitrogens is 3. The summed E-state index contributed by atoms with van der Waals surface area (Å²) in [7, 11) is 1.47. The topological polar surface area (TPSA) is 83.2 Å². The third-order valence-electron chi connectivity index (χ3n) is 5.90. The van der Waals surface area contributed by atoms with Gasteiger partial charge in [-0.3, -0.25) is 9.59 Å². The zero-order chi connectivity index (χ0) is 24.4. The van der Waals surface area contributed by atoms with Gasteiger partial charge in [-0.1, -0.05) is 41.9 Å². The van der Waals surface area contributed by atoms with Crippen LogP contribution in [0.25, 0.3) is 10.8 Å². The molecule has 34 heavy (non-hydrogen) atoms. The van der Waals surface area contributed by atoms with Gasteiger partial charge in [-0.25, -0.2) is 9.48 Å². The maximum Gasteiger partial charge on any atom is 0.359 e. The minimum atomic E-state index is -0.753. The Morgan fingerprint density at radius 1 is 1.03 bits per heavy atom. The van der Waals surface area contributed by atoms with E-state index in [1.54, 1.807) is 24.3 Å². The van der Waals surface area contributed by atoms with Crippen LogP contribution in [0.4, 0.5) is 0 Å². The van der Waals surface area contributed by atoms with Crippen molar-refractivity contribution < 1.29 is 14.3 Å². The van der Waals surface area contributed by atoms with Gasteiger partial charge >= 0.3 is 5.97 Å². The molecular weight excluding hydrogens is 454 g/mol. The molecule has 0 atom stereocenters. The average Bonchev–Trinajstić information content (AvgIpc) is 3.12. The van der Waals surface area contributed by atoms with E-state index in [1.165, 1.54) is 7.05 Å². The Balaban J connectivity index is 1.47. The molecule has 0 unspecified atom stereocenters. The van der Waals surface area contributed by atoms with Crippen molar-refractivity contribution in [2.75, 3.05) is 6.61 Å². The average molecular weight is 478 g/mol. The summed E-state index contributed by atoms with van der Waals surface area (Å²) in [5.74, 6) is -1.05. The molecule has 4 rings (SSSR count). The lowest BCUT2D eigenvalue weighted by molar-refractivity contribution is 0.0468. The van der Waals surface area contributed by atoms with Crippen molar-refractivity contribution in [2.24, 2.45) is 7.05 Å². The fourth-order valence-corrected chi connectivity index (χ4v) is 4.17. The molecule has 0 aliphatic carbocycles. The third kappa shape index (κ3) is 4.65. The summed E-state index contributed by atoms with van der Waals surface area (Å²) in [6.07, 6.45) is 0.793. The molecule has 2 aromatic carbocycles. The molecule has 0 N–H and O–H groups in total. The van der Waals surface area contributed by atoms with Crippen LogP contribution in [0.1, 0.15) is 37.8 Å². The van der Waals surface area contributed by atoms with E-state index in [4.69, 9.17) is 16.3 Å². The highest BCUT2D eigenvalue weighted by atomic mass is 35.5. The molecule has 0 radical (unpaired) electrons. The monoisotopic (exact) mass is 477 g/mol. The van der Waals surface area contributed by atoms with Crippen LogP contribution in [0.15, 0.2) is 59.4 Å². The third-order valence-corrected chi connectivity index (χ3v) is 6.15. The number of fused-ring (bicyclic) bond motifs is 1. The Labute approximate surface area is 201 Å². The van der Waals surface area contributed by atoms with Gasteiger partial charge in [0.05, 0.1) is 5.39 Å². The summed E-state index contributed by atoms with van der Waals surface area (Å²) in [4.78, 5) is 37.9. The number of halogens is 1. The molecule has 0 saturated carbocycles. The van der Waals surface area contributed by atoms with Crippen molar-refractivity contribution in [3.63, 3.8) is 0 Å². The number of rotatable bonds is 7. The predicted molar refractivity (Wildman–Crippen MR) is 131 cm³/mol. The van der Waals surface area contributed by atoms with Gasteiger partial charge in [0.25, 0.3) is 5.56 Å². The van der Waals surface area contributed by atoms with Crippen LogP contribution in [0.5, 0.6) is 0 Å². The number of carbonyl (C=O) groups is 2. The Morgan fingerprint density at radius 2 is 1.71 bits per heavy atom. The van der Waals surface area contributed by atoms with Crippen LogP contribution in [0.3, 0.4) is 0 Å². The van der Waals surface area contributed by atoms with Crippen molar-refractivity contribution in [3.8, 4) is 0 Å². The van der Waals surface area contributed by atoms with E-state index in [0.717, 1.165) is 28.1 Å². The van der Waals surface area contributed by atoms with Crippen LogP contribution in [0.2, 0.25) is 5.02 Å². The second kappa shape index (κ2) is 9.65. The summed E-state index contributed by atoms with van der Waals surface area (Å²) in [5.41, 5.74) is 3.12. The van der Waals surface area contributed by atoms with E-state index in [2.05, 4.69) is 9.67 Å². The molecule has 0 aliphatic rings. The molecule has 0 bridgehead atoms. The first-order valence-electron chi connectivity index (χ1n) is 10.8. The second-order valence-electron chi connectivity index (χ2n) is 8.14. The SMILES string of the molecule is Cc1cc(C(=O)COC(=O)c2nn(C)c(=O)c3ccccc23)c(C)n1CCc1ccc(Cl)cc1. The number of nitrogens with zero attached hydrogens (tertiary/aromatic N) is 3. The summed E-state index contributed by atoms with van der Waals surface area (Å²) >= 11 is 5.95. The highest BCUT2D eigenvalue weighted by Crippen LogP contribution is 2.19. The smallest absolute Gasteiger partial charge is 0.359 e.